The number of ether oxygens (including phenoxy) is 3. The van der Waals surface area contributed by atoms with Gasteiger partial charge in [0.2, 0.25) is 5.91 Å². The predicted octanol–water partition coefficient (Wildman–Crippen LogP) is 11.2. The minimum absolute atomic E-state index is 0.220. The van der Waals surface area contributed by atoms with Crippen LogP contribution in [0, 0.1) is 5.92 Å². The summed E-state index contributed by atoms with van der Waals surface area (Å²) in [7, 11) is 1.95. The Hall–Kier alpha value is -1.40. The number of aliphatic hydroxyl groups excluding tert-OH is 2. The van der Waals surface area contributed by atoms with E-state index in [1.54, 1.807) is 13.2 Å². The monoisotopic (exact) mass is 883 g/mol. The normalized spacial score (nSPS) is 24.1. The number of unbranched alkanes of at least 4 members (excludes halogenated alkanes) is 24. The van der Waals surface area contributed by atoms with E-state index in [1.807, 2.05) is 7.05 Å². The number of rotatable bonds is 37. The van der Waals surface area contributed by atoms with Crippen LogP contribution in [-0.4, -0.2) is 101 Å². The molecule has 0 saturated carbocycles. The fraction of sp³-hybridized carbons (Fsp3) is 0.940. The lowest BCUT2D eigenvalue weighted by Crippen LogP contribution is -2.66. The Bertz CT molecular complexity index is 1130. The summed E-state index contributed by atoms with van der Waals surface area (Å²) in [6.07, 6.45) is 30.7. The summed E-state index contributed by atoms with van der Waals surface area (Å²) >= 11 is 1.27. The average Bonchev–Trinajstić information content (AvgIpc) is 3.62. The molecule has 358 valence electrons. The van der Waals surface area contributed by atoms with Gasteiger partial charge in [-0.1, -0.05) is 181 Å². The Morgan fingerprint density at radius 3 is 1.56 bits per heavy atom. The molecule has 0 aromatic carbocycles. The van der Waals surface area contributed by atoms with Gasteiger partial charge in [-0.2, -0.15) is 0 Å². The molecule has 0 aromatic heterocycles. The molecule has 0 aromatic rings. The van der Waals surface area contributed by atoms with Gasteiger partial charge >= 0.3 is 11.9 Å². The van der Waals surface area contributed by atoms with Gasteiger partial charge in [0, 0.05) is 19.4 Å². The molecule has 2 aliphatic rings. The third-order valence-electron chi connectivity index (χ3n) is 13.2. The average molecular weight is 883 g/mol. The first-order valence-electron chi connectivity index (χ1n) is 25.5. The number of amides is 1. The fourth-order valence-electron chi connectivity index (χ4n) is 9.36. The number of esters is 2. The number of hydrogen-bond donors (Lipinski definition) is 3. The molecule has 3 N–H and O–H groups in total. The molecule has 1 amide bonds. The summed E-state index contributed by atoms with van der Waals surface area (Å²) in [5.74, 6) is -0.591. The summed E-state index contributed by atoms with van der Waals surface area (Å²) in [5.41, 5.74) is -0.796. The molecule has 2 rings (SSSR count). The maximum Gasteiger partial charge on any atom is 0.306 e. The predicted molar refractivity (Wildman–Crippen MR) is 252 cm³/mol. The highest BCUT2D eigenvalue weighted by atomic mass is 32.2. The van der Waals surface area contributed by atoms with Gasteiger partial charge in [-0.15, -0.1) is 11.8 Å². The van der Waals surface area contributed by atoms with Gasteiger partial charge < -0.3 is 29.7 Å². The van der Waals surface area contributed by atoms with Crippen molar-refractivity contribution in [2.75, 3.05) is 19.8 Å². The summed E-state index contributed by atoms with van der Waals surface area (Å²) in [5, 5.41) is 26.2. The summed E-state index contributed by atoms with van der Waals surface area (Å²) in [6, 6.07) is -1.31. The number of carbonyl (C=O) groups is 3. The Kier molecular flexibility index (Phi) is 31.9. The van der Waals surface area contributed by atoms with Crippen molar-refractivity contribution in [3.63, 3.8) is 0 Å². The molecule has 2 saturated heterocycles. The smallest absolute Gasteiger partial charge is 0.306 e. The van der Waals surface area contributed by atoms with Crippen molar-refractivity contribution < 1.29 is 38.8 Å². The van der Waals surface area contributed by atoms with Crippen LogP contribution in [0.4, 0.5) is 0 Å². The lowest BCUT2D eigenvalue weighted by Gasteiger charge is -2.45. The Morgan fingerprint density at radius 1 is 0.672 bits per heavy atom. The number of likely N-dealkylation sites (tertiary alicyclic amines) is 1. The topological polar surface area (TPSA) is 135 Å². The van der Waals surface area contributed by atoms with Gasteiger partial charge in [-0.25, -0.2) is 0 Å². The van der Waals surface area contributed by atoms with Gasteiger partial charge in [-0.05, 0) is 51.8 Å². The molecule has 9 atom stereocenters. The van der Waals surface area contributed by atoms with Crippen LogP contribution < -0.4 is 5.32 Å². The van der Waals surface area contributed by atoms with E-state index in [0.29, 0.717) is 12.3 Å². The third kappa shape index (κ3) is 23.4. The number of nitrogens with zero attached hydrogens (tertiary/aromatic N) is 1. The van der Waals surface area contributed by atoms with Crippen LogP contribution in [-0.2, 0) is 28.6 Å². The highest BCUT2D eigenvalue weighted by molar-refractivity contribution is 7.99. The van der Waals surface area contributed by atoms with Crippen LogP contribution in [0.15, 0.2) is 0 Å². The van der Waals surface area contributed by atoms with Crippen LogP contribution in [0.5, 0.6) is 0 Å². The molecular weight excluding hydrogens is 789 g/mol. The molecule has 0 bridgehead atoms. The van der Waals surface area contributed by atoms with E-state index >= 15 is 0 Å². The van der Waals surface area contributed by atoms with Crippen LogP contribution >= 0.6 is 11.8 Å². The highest BCUT2D eigenvalue weighted by Crippen LogP contribution is 2.33. The fourth-order valence-corrected chi connectivity index (χ4v) is 10.1. The lowest BCUT2D eigenvalue weighted by molar-refractivity contribution is -0.224. The molecule has 0 radical (unpaired) electrons. The van der Waals surface area contributed by atoms with Crippen LogP contribution in [0.2, 0.25) is 0 Å². The first-order chi connectivity index (χ1) is 29.6. The number of carbonyl (C=O) groups excluding carboxylic acids is 3. The van der Waals surface area contributed by atoms with E-state index in [4.69, 9.17) is 14.2 Å². The molecule has 0 spiro atoms. The van der Waals surface area contributed by atoms with E-state index in [-0.39, 0.29) is 30.8 Å². The van der Waals surface area contributed by atoms with Gasteiger partial charge in [-0.3, -0.25) is 19.3 Å². The Balaban J connectivity index is 1.89. The quantitative estimate of drug-likeness (QED) is 0.0409. The van der Waals surface area contributed by atoms with Crippen molar-refractivity contribution in [1.82, 2.24) is 10.2 Å². The molecular formula is C50H94N2O8S. The van der Waals surface area contributed by atoms with E-state index in [2.05, 4.69) is 31.0 Å². The summed E-state index contributed by atoms with van der Waals surface area (Å²) in [6.45, 7) is 9.19. The zero-order valence-corrected chi connectivity index (χ0v) is 40.8. The van der Waals surface area contributed by atoms with Crippen molar-refractivity contribution in [2.45, 2.75) is 275 Å². The molecule has 2 fully saturated rings. The SMILES string of the molecule is CCCCCCCCCCCCCCCC(=O)O[C@H](C)[C@@H](NC(=O)C1C[C@@H](CCC)CN1C)[C@H]1O[C@H](SC)[C@@H](OC(=O)CCCCCCCCCCCCCCC)C(O)[C@H]1O. The van der Waals surface area contributed by atoms with Crippen LogP contribution in [0.25, 0.3) is 0 Å². The Labute approximate surface area is 377 Å². The van der Waals surface area contributed by atoms with Crippen molar-refractivity contribution >= 4 is 29.6 Å². The third-order valence-corrected chi connectivity index (χ3v) is 14.0. The molecule has 61 heavy (non-hydrogen) atoms. The van der Waals surface area contributed by atoms with E-state index in [9.17, 15) is 24.6 Å². The van der Waals surface area contributed by atoms with Crippen molar-refractivity contribution in [3.05, 3.63) is 0 Å². The number of hydrogen-bond acceptors (Lipinski definition) is 10. The maximum absolute atomic E-state index is 13.9. The lowest BCUT2D eigenvalue weighted by atomic mass is 9.91. The zero-order chi connectivity index (χ0) is 44.7. The maximum atomic E-state index is 13.9. The van der Waals surface area contributed by atoms with E-state index in [0.717, 1.165) is 57.9 Å². The van der Waals surface area contributed by atoms with Gasteiger partial charge in [0.15, 0.2) is 6.10 Å². The highest BCUT2D eigenvalue weighted by Gasteiger charge is 2.51. The minimum Gasteiger partial charge on any atom is -0.460 e. The second-order valence-electron chi connectivity index (χ2n) is 18.7. The number of nitrogens with one attached hydrogen (secondary N) is 1. The standard InChI is InChI=1S/C50H94N2O8S/c1-7-10-12-14-16-18-20-22-24-26-28-30-32-35-42(53)58-39(4)44(51-49(57)41-37-40(34-9-3)38-52(41)5)47-45(55)46(56)48(50(60-47)61-6)59-43(54)36-33-31-29-27-25-23-21-19-17-15-13-11-8-2/h39-41,44-48,50,55-56H,7-38H2,1-6H3,(H,51,57)/t39-,40-,41?,44-,45-,46?,47-,48+,50-/m1/s1. The second kappa shape index (κ2) is 34.9. The van der Waals surface area contributed by atoms with Crippen molar-refractivity contribution in [1.29, 1.82) is 0 Å². The van der Waals surface area contributed by atoms with Gasteiger partial charge in [0.25, 0.3) is 0 Å². The molecule has 2 aliphatic heterocycles. The van der Waals surface area contributed by atoms with Crippen LogP contribution in [0.3, 0.4) is 0 Å². The number of aliphatic hydroxyl groups is 2. The molecule has 2 unspecified atom stereocenters. The number of thioether (sulfide) groups is 1. The van der Waals surface area contributed by atoms with E-state index < -0.39 is 48.0 Å². The van der Waals surface area contributed by atoms with Crippen LogP contribution in [0.1, 0.15) is 227 Å². The zero-order valence-electron chi connectivity index (χ0n) is 40.0. The first-order valence-corrected chi connectivity index (χ1v) is 26.8. The van der Waals surface area contributed by atoms with E-state index in [1.165, 1.54) is 140 Å². The van der Waals surface area contributed by atoms with Gasteiger partial charge in [0.05, 0.1) is 12.1 Å². The molecule has 0 aliphatic carbocycles. The van der Waals surface area contributed by atoms with Gasteiger partial charge in [0.1, 0.15) is 29.9 Å². The Morgan fingerprint density at radius 2 is 1.11 bits per heavy atom. The first kappa shape index (κ1) is 55.7. The number of likely N-dealkylation sites (N-methyl/N-ethyl adjacent to an activating group) is 1. The van der Waals surface area contributed by atoms with Crippen molar-refractivity contribution in [3.8, 4) is 0 Å². The largest absolute Gasteiger partial charge is 0.460 e. The van der Waals surface area contributed by atoms with Crippen molar-refractivity contribution in [2.24, 2.45) is 5.92 Å². The minimum atomic E-state index is -1.50. The molecule has 2 heterocycles. The summed E-state index contributed by atoms with van der Waals surface area (Å²) in [4.78, 5) is 42.1. The summed E-state index contributed by atoms with van der Waals surface area (Å²) < 4.78 is 18.1. The second-order valence-corrected chi connectivity index (χ2v) is 19.6. The molecule has 11 heteroatoms. The molecule has 10 nitrogen and oxygen atoms in total.